The third-order valence-electron chi connectivity index (χ3n) is 7.26. The number of anilines is 1. The van der Waals surface area contributed by atoms with E-state index in [4.69, 9.17) is 0 Å². The third kappa shape index (κ3) is 9.05. The average molecular weight is 691 g/mol. The first-order valence-corrected chi connectivity index (χ1v) is 17.2. The number of benzene rings is 4. The second-order valence-electron chi connectivity index (χ2n) is 11.9. The van der Waals surface area contributed by atoms with Gasteiger partial charge in [-0.15, -0.1) is 0 Å². The van der Waals surface area contributed by atoms with Gasteiger partial charge in [0.05, 0.1) is 10.6 Å². The van der Waals surface area contributed by atoms with Gasteiger partial charge < -0.3 is 10.2 Å². The molecule has 7 nitrogen and oxygen atoms in total. The van der Waals surface area contributed by atoms with E-state index in [9.17, 15) is 18.0 Å². The van der Waals surface area contributed by atoms with E-state index in [2.05, 4.69) is 21.2 Å². The Bertz CT molecular complexity index is 1710. The van der Waals surface area contributed by atoms with Gasteiger partial charge in [0.15, 0.2) is 0 Å². The van der Waals surface area contributed by atoms with Crippen LogP contribution in [-0.2, 0) is 39.0 Å². The van der Waals surface area contributed by atoms with Crippen molar-refractivity contribution in [1.82, 2.24) is 10.2 Å². The molecule has 0 aliphatic heterocycles. The highest BCUT2D eigenvalue weighted by molar-refractivity contribution is 9.10. The summed E-state index contributed by atoms with van der Waals surface area (Å²) in [4.78, 5) is 30.2. The maximum absolute atomic E-state index is 14.6. The smallest absolute Gasteiger partial charge is 0.264 e. The number of sulfonamides is 1. The molecule has 0 spiro atoms. The maximum atomic E-state index is 14.6. The number of nitrogens with zero attached hydrogens (tertiary/aromatic N) is 2. The fourth-order valence-electron chi connectivity index (χ4n) is 5.12. The lowest BCUT2D eigenvalue weighted by atomic mass is 10.0. The molecular weight excluding hydrogens is 650 g/mol. The fraction of sp³-hybridized carbons (Fsp3) is 0.278. The molecule has 0 saturated carbocycles. The number of hydrogen-bond acceptors (Lipinski definition) is 4. The zero-order valence-electron chi connectivity index (χ0n) is 26.1. The average Bonchev–Trinajstić information content (AvgIpc) is 3.01. The molecular formula is C36H40BrN3O4S. The van der Waals surface area contributed by atoms with Crippen LogP contribution < -0.4 is 9.62 Å². The SMILES string of the molecule is CCc1ccccc1N(CC(=O)N(Cc1cccc(Br)c1)[C@H](Cc1ccccc1)C(=O)NC(C)(C)C)S(=O)(=O)c1ccccc1. The van der Waals surface area contributed by atoms with Gasteiger partial charge in [0.25, 0.3) is 10.0 Å². The maximum Gasteiger partial charge on any atom is 0.264 e. The molecule has 45 heavy (non-hydrogen) atoms. The Morgan fingerprint density at radius 1 is 0.822 bits per heavy atom. The number of nitrogens with one attached hydrogen (secondary N) is 1. The van der Waals surface area contributed by atoms with Gasteiger partial charge in [0, 0.05) is 23.0 Å². The highest BCUT2D eigenvalue weighted by Gasteiger charge is 2.36. The van der Waals surface area contributed by atoms with Crippen molar-refractivity contribution < 1.29 is 18.0 Å². The standard InChI is InChI=1S/C36H40BrN3O4S/c1-5-29-18-12-13-22-32(29)40(45(43,44)31-20-10-7-11-21-31)26-34(41)39(25-28-17-14-19-30(37)23-28)33(35(42)38-36(2,3)4)24-27-15-8-6-9-16-27/h6-23,33H,5,24-26H2,1-4H3,(H,38,42)/t33-/m1/s1. The number of para-hydroxylation sites is 1. The molecule has 0 fully saturated rings. The van der Waals surface area contributed by atoms with Gasteiger partial charge in [0.2, 0.25) is 11.8 Å². The van der Waals surface area contributed by atoms with Crippen molar-refractivity contribution in [3.63, 3.8) is 0 Å². The molecule has 0 aliphatic carbocycles. The largest absolute Gasteiger partial charge is 0.350 e. The Balaban J connectivity index is 1.84. The number of halogens is 1. The van der Waals surface area contributed by atoms with Crippen molar-refractivity contribution in [3.8, 4) is 0 Å². The monoisotopic (exact) mass is 689 g/mol. The third-order valence-corrected chi connectivity index (χ3v) is 9.53. The number of amides is 2. The number of aryl methyl sites for hydroxylation is 1. The summed E-state index contributed by atoms with van der Waals surface area (Å²) in [6.07, 6.45) is 0.816. The van der Waals surface area contributed by atoms with Crippen LogP contribution in [0.3, 0.4) is 0 Å². The second-order valence-corrected chi connectivity index (χ2v) is 14.7. The van der Waals surface area contributed by atoms with Crippen molar-refractivity contribution in [2.45, 2.75) is 63.6 Å². The van der Waals surface area contributed by atoms with Gasteiger partial charge in [0.1, 0.15) is 12.6 Å². The van der Waals surface area contributed by atoms with Crippen LogP contribution >= 0.6 is 15.9 Å². The summed E-state index contributed by atoms with van der Waals surface area (Å²) in [5.41, 5.74) is 2.33. The quantitative estimate of drug-likeness (QED) is 0.178. The molecule has 4 aromatic carbocycles. The van der Waals surface area contributed by atoms with Gasteiger partial charge >= 0.3 is 0 Å². The fourth-order valence-corrected chi connectivity index (χ4v) is 7.04. The van der Waals surface area contributed by atoms with E-state index in [1.807, 2.05) is 94.4 Å². The molecule has 2 amide bonds. The van der Waals surface area contributed by atoms with E-state index in [0.29, 0.717) is 12.1 Å². The Hall–Kier alpha value is -3.95. The molecule has 0 heterocycles. The Labute approximate surface area is 275 Å². The van der Waals surface area contributed by atoms with Crippen LogP contribution in [0, 0.1) is 0 Å². The molecule has 1 N–H and O–H groups in total. The van der Waals surface area contributed by atoms with Crippen LogP contribution in [0.1, 0.15) is 44.4 Å². The number of carbonyl (C=O) groups is 2. The molecule has 0 radical (unpaired) electrons. The lowest BCUT2D eigenvalue weighted by molar-refractivity contribution is -0.140. The van der Waals surface area contributed by atoms with Crippen molar-refractivity contribution in [1.29, 1.82) is 0 Å². The van der Waals surface area contributed by atoms with Gasteiger partial charge in [-0.1, -0.05) is 102 Å². The highest BCUT2D eigenvalue weighted by atomic mass is 79.9. The summed E-state index contributed by atoms with van der Waals surface area (Å²) in [5, 5.41) is 3.06. The number of hydrogen-bond donors (Lipinski definition) is 1. The normalized spacial score (nSPS) is 12.3. The minimum absolute atomic E-state index is 0.0774. The van der Waals surface area contributed by atoms with Gasteiger partial charge in [-0.25, -0.2) is 8.42 Å². The minimum atomic E-state index is -4.15. The summed E-state index contributed by atoms with van der Waals surface area (Å²) in [6.45, 7) is 7.22. The van der Waals surface area contributed by atoms with Gasteiger partial charge in [-0.3, -0.25) is 13.9 Å². The highest BCUT2D eigenvalue weighted by Crippen LogP contribution is 2.28. The predicted octanol–water partition coefficient (Wildman–Crippen LogP) is 6.76. The molecule has 0 unspecified atom stereocenters. The topological polar surface area (TPSA) is 86.8 Å². The summed E-state index contributed by atoms with van der Waals surface area (Å²) in [7, 11) is -4.15. The van der Waals surface area contributed by atoms with Crippen LogP contribution in [0.5, 0.6) is 0 Å². The zero-order chi connectivity index (χ0) is 32.6. The molecule has 236 valence electrons. The van der Waals surface area contributed by atoms with Crippen molar-refractivity contribution in [3.05, 3.63) is 130 Å². The van der Waals surface area contributed by atoms with Gasteiger partial charge in [-0.2, -0.15) is 0 Å². The molecule has 4 aromatic rings. The molecule has 0 bridgehead atoms. The summed E-state index contributed by atoms with van der Waals surface area (Å²) >= 11 is 3.52. The molecule has 0 saturated heterocycles. The molecule has 0 aliphatic rings. The van der Waals surface area contributed by atoms with Crippen LogP contribution in [0.2, 0.25) is 0 Å². The van der Waals surface area contributed by atoms with Gasteiger partial charge in [-0.05, 0) is 74.2 Å². The van der Waals surface area contributed by atoms with E-state index in [1.54, 1.807) is 30.3 Å². The van der Waals surface area contributed by atoms with Crippen LogP contribution in [0.15, 0.2) is 119 Å². The summed E-state index contributed by atoms with van der Waals surface area (Å²) in [6, 6.07) is 31.5. The Morgan fingerprint density at radius 2 is 1.42 bits per heavy atom. The van der Waals surface area contributed by atoms with Crippen molar-refractivity contribution in [2.75, 3.05) is 10.8 Å². The first-order valence-electron chi connectivity index (χ1n) is 14.9. The van der Waals surface area contributed by atoms with Crippen LogP contribution in [-0.4, -0.2) is 43.3 Å². The van der Waals surface area contributed by atoms with E-state index < -0.39 is 34.1 Å². The summed E-state index contributed by atoms with van der Waals surface area (Å²) in [5.74, 6) is -0.813. The number of carbonyl (C=O) groups excluding carboxylic acids is 2. The van der Waals surface area contributed by atoms with Crippen LogP contribution in [0.4, 0.5) is 5.69 Å². The van der Waals surface area contributed by atoms with E-state index >= 15 is 0 Å². The molecule has 1 atom stereocenters. The first-order chi connectivity index (χ1) is 21.4. The van der Waals surface area contributed by atoms with Crippen molar-refractivity contribution >= 4 is 43.5 Å². The van der Waals surface area contributed by atoms with E-state index in [0.717, 1.165) is 21.2 Å². The Kier molecular flexibility index (Phi) is 11.2. The molecule has 4 rings (SSSR count). The van der Waals surface area contributed by atoms with E-state index in [1.165, 1.54) is 21.3 Å². The lowest BCUT2D eigenvalue weighted by Crippen LogP contribution is -2.56. The lowest BCUT2D eigenvalue weighted by Gasteiger charge is -2.35. The van der Waals surface area contributed by atoms with Crippen molar-refractivity contribution in [2.24, 2.45) is 0 Å². The minimum Gasteiger partial charge on any atom is -0.350 e. The second kappa shape index (κ2) is 14.9. The Morgan fingerprint density at radius 3 is 2.04 bits per heavy atom. The number of rotatable bonds is 12. The zero-order valence-corrected chi connectivity index (χ0v) is 28.5. The first kappa shape index (κ1) is 33.9. The van der Waals surface area contributed by atoms with E-state index in [-0.39, 0.29) is 23.8 Å². The molecule has 9 heteroatoms. The summed E-state index contributed by atoms with van der Waals surface area (Å²) < 4.78 is 30.4. The van der Waals surface area contributed by atoms with Crippen LogP contribution in [0.25, 0.3) is 0 Å². The predicted molar refractivity (Wildman–Crippen MR) is 183 cm³/mol. The molecule has 0 aromatic heterocycles.